The Morgan fingerprint density at radius 3 is 2.95 bits per heavy atom. The number of aromatic amines is 1. The van der Waals surface area contributed by atoms with Gasteiger partial charge in [-0.1, -0.05) is 0 Å². The van der Waals surface area contributed by atoms with Gasteiger partial charge in [0.15, 0.2) is 0 Å². The number of nitriles is 1. The molecular weight excluding hydrogens is 244 g/mol. The van der Waals surface area contributed by atoms with E-state index in [9.17, 15) is 10.1 Å². The zero-order valence-corrected chi connectivity index (χ0v) is 10.2. The zero-order valence-electron chi connectivity index (χ0n) is 10.2. The number of aromatic nitrogens is 2. The summed E-state index contributed by atoms with van der Waals surface area (Å²) in [6, 6.07) is 3.82. The average molecular weight is 256 g/mol. The molecule has 6 nitrogen and oxygen atoms in total. The van der Waals surface area contributed by atoms with E-state index in [1.165, 1.54) is 0 Å². The number of pyridine rings is 2. The lowest BCUT2D eigenvalue weighted by molar-refractivity contribution is 0.123. The molecule has 0 bridgehead atoms. The number of anilines is 1. The smallest absolute Gasteiger partial charge is 0.268 e. The normalized spacial score (nSPS) is 15.4. The second-order valence-electron chi connectivity index (χ2n) is 4.31. The van der Waals surface area contributed by atoms with Crippen molar-refractivity contribution in [3.8, 4) is 6.07 Å². The Morgan fingerprint density at radius 2 is 2.21 bits per heavy atom. The van der Waals surface area contributed by atoms with Crippen LogP contribution in [-0.4, -0.2) is 36.3 Å². The summed E-state index contributed by atoms with van der Waals surface area (Å²) in [6.45, 7) is 2.56. The SMILES string of the molecule is N#Cc1c(N2CCOCC2)c2ccncc2[nH]c1=O. The molecule has 2 aromatic heterocycles. The fourth-order valence-electron chi connectivity index (χ4n) is 2.35. The molecule has 0 aromatic carbocycles. The second-order valence-corrected chi connectivity index (χ2v) is 4.31. The highest BCUT2D eigenvalue weighted by molar-refractivity contribution is 5.93. The van der Waals surface area contributed by atoms with Crippen molar-refractivity contribution in [1.82, 2.24) is 9.97 Å². The van der Waals surface area contributed by atoms with Crippen LogP contribution in [0.5, 0.6) is 0 Å². The van der Waals surface area contributed by atoms with Crippen molar-refractivity contribution in [2.24, 2.45) is 0 Å². The maximum atomic E-state index is 12.0. The Morgan fingerprint density at radius 1 is 1.42 bits per heavy atom. The third-order valence-electron chi connectivity index (χ3n) is 3.23. The molecule has 0 unspecified atom stereocenters. The summed E-state index contributed by atoms with van der Waals surface area (Å²) in [5.41, 5.74) is 1.12. The number of fused-ring (bicyclic) bond motifs is 1. The molecule has 3 heterocycles. The topological polar surface area (TPSA) is 82.0 Å². The molecule has 1 aliphatic rings. The van der Waals surface area contributed by atoms with E-state index < -0.39 is 0 Å². The lowest BCUT2D eigenvalue weighted by Crippen LogP contribution is -2.37. The molecule has 0 saturated carbocycles. The van der Waals surface area contributed by atoms with Crippen molar-refractivity contribution >= 4 is 16.6 Å². The predicted molar refractivity (Wildman–Crippen MR) is 70.1 cm³/mol. The van der Waals surface area contributed by atoms with Crippen LogP contribution in [0.3, 0.4) is 0 Å². The van der Waals surface area contributed by atoms with Crippen LogP contribution in [-0.2, 0) is 4.74 Å². The highest BCUT2D eigenvalue weighted by Gasteiger charge is 2.20. The Kier molecular flexibility index (Phi) is 2.89. The maximum Gasteiger partial charge on any atom is 0.268 e. The molecule has 1 N–H and O–H groups in total. The van der Waals surface area contributed by atoms with Gasteiger partial charge in [0, 0.05) is 24.7 Å². The van der Waals surface area contributed by atoms with Crippen molar-refractivity contribution in [2.45, 2.75) is 0 Å². The van der Waals surface area contributed by atoms with Gasteiger partial charge in [0.25, 0.3) is 5.56 Å². The Balaban J connectivity index is 2.30. The fourth-order valence-corrected chi connectivity index (χ4v) is 2.35. The van der Waals surface area contributed by atoms with Crippen LogP contribution < -0.4 is 10.5 Å². The largest absolute Gasteiger partial charge is 0.378 e. The van der Waals surface area contributed by atoms with Gasteiger partial charge in [-0.2, -0.15) is 5.26 Å². The minimum atomic E-state index is -0.371. The van der Waals surface area contributed by atoms with Gasteiger partial charge in [-0.05, 0) is 6.07 Å². The first kappa shape index (κ1) is 11.7. The monoisotopic (exact) mass is 256 g/mol. The van der Waals surface area contributed by atoms with Crippen molar-refractivity contribution in [2.75, 3.05) is 31.2 Å². The number of ether oxygens (including phenoxy) is 1. The van der Waals surface area contributed by atoms with Crippen LogP contribution in [0.1, 0.15) is 5.56 Å². The van der Waals surface area contributed by atoms with Gasteiger partial charge < -0.3 is 14.6 Å². The molecule has 19 heavy (non-hydrogen) atoms. The summed E-state index contributed by atoms with van der Waals surface area (Å²) in [6.07, 6.45) is 3.26. The van der Waals surface area contributed by atoms with Gasteiger partial charge in [-0.15, -0.1) is 0 Å². The molecule has 0 spiro atoms. The maximum absolute atomic E-state index is 12.0. The standard InChI is InChI=1S/C13H12N4O2/c14-7-10-12(17-3-5-19-6-4-17)9-1-2-15-8-11(9)16-13(10)18/h1-2,8H,3-6H2,(H,16,18). The lowest BCUT2D eigenvalue weighted by atomic mass is 10.1. The van der Waals surface area contributed by atoms with Gasteiger partial charge in [0.2, 0.25) is 0 Å². The van der Waals surface area contributed by atoms with Gasteiger partial charge in [0.1, 0.15) is 11.6 Å². The van der Waals surface area contributed by atoms with Crippen molar-refractivity contribution in [1.29, 1.82) is 5.26 Å². The third kappa shape index (κ3) is 1.94. The first-order valence-corrected chi connectivity index (χ1v) is 6.04. The summed E-state index contributed by atoms with van der Waals surface area (Å²) in [7, 11) is 0. The van der Waals surface area contributed by atoms with Gasteiger partial charge in [0.05, 0.1) is 30.6 Å². The van der Waals surface area contributed by atoms with E-state index in [1.54, 1.807) is 12.4 Å². The summed E-state index contributed by atoms with van der Waals surface area (Å²) in [4.78, 5) is 20.7. The molecule has 0 atom stereocenters. The van der Waals surface area contributed by atoms with E-state index in [-0.39, 0.29) is 11.1 Å². The number of hydrogen-bond donors (Lipinski definition) is 1. The van der Waals surface area contributed by atoms with E-state index in [0.717, 1.165) is 5.39 Å². The van der Waals surface area contributed by atoms with Gasteiger partial charge in [-0.3, -0.25) is 9.78 Å². The summed E-state index contributed by atoms with van der Waals surface area (Å²) in [5, 5.41) is 10.1. The van der Waals surface area contributed by atoms with Crippen molar-refractivity contribution in [3.63, 3.8) is 0 Å². The molecular formula is C13H12N4O2. The van der Waals surface area contributed by atoms with E-state index in [1.807, 2.05) is 17.0 Å². The summed E-state index contributed by atoms with van der Waals surface area (Å²) >= 11 is 0. The average Bonchev–Trinajstić information content (AvgIpc) is 2.46. The van der Waals surface area contributed by atoms with Crippen molar-refractivity contribution < 1.29 is 4.74 Å². The minimum Gasteiger partial charge on any atom is -0.378 e. The van der Waals surface area contributed by atoms with E-state index in [0.29, 0.717) is 37.5 Å². The van der Waals surface area contributed by atoms with Crippen molar-refractivity contribution in [3.05, 3.63) is 34.4 Å². The van der Waals surface area contributed by atoms with E-state index in [2.05, 4.69) is 9.97 Å². The van der Waals surface area contributed by atoms with Gasteiger partial charge >= 0.3 is 0 Å². The molecule has 1 aliphatic heterocycles. The molecule has 2 aromatic rings. The number of nitrogens with zero attached hydrogens (tertiary/aromatic N) is 3. The predicted octanol–water partition coefficient (Wildman–Crippen LogP) is 0.631. The van der Waals surface area contributed by atoms with Crippen LogP contribution in [0.2, 0.25) is 0 Å². The highest BCUT2D eigenvalue weighted by atomic mass is 16.5. The van der Waals surface area contributed by atoms with E-state index in [4.69, 9.17) is 4.74 Å². The number of rotatable bonds is 1. The van der Waals surface area contributed by atoms with Crippen LogP contribution in [0, 0.1) is 11.3 Å². The molecule has 0 aliphatic carbocycles. The third-order valence-corrected chi connectivity index (χ3v) is 3.23. The lowest BCUT2D eigenvalue weighted by Gasteiger charge is -2.30. The fraction of sp³-hybridized carbons (Fsp3) is 0.308. The second kappa shape index (κ2) is 4.71. The molecule has 96 valence electrons. The molecule has 0 amide bonds. The Hall–Kier alpha value is -2.39. The van der Waals surface area contributed by atoms with Crippen LogP contribution >= 0.6 is 0 Å². The highest BCUT2D eigenvalue weighted by Crippen LogP contribution is 2.27. The quantitative estimate of drug-likeness (QED) is 0.809. The summed E-state index contributed by atoms with van der Waals surface area (Å²) in [5.74, 6) is 0. The number of hydrogen-bond acceptors (Lipinski definition) is 5. The van der Waals surface area contributed by atoms with Gasteiger partial charge in [-0.25, -0.2) is 0 Å². The first-order chi connectivity index (χ1) is 9.31. The van der Waals surface area contributed by atoms with Crippen LogP contribution in [0.15, 0.2) is 23.3 Å². The van der Waals surface area contributed by atoms with Crippen LogP contribution in [0.25, 0.3) is 10.9 Å². The Labute approximate surface area is 109 Å². The summed E-state index contributed by atoms with van der Waals surface area (Å²) < 4.78 is 5.31. The minimum absolute atomic E-state index is 0.153. The van der Waals surface area contributed by atoms with E-state index >= 15 is 0 Å². The molecule has 1 fully saturated rings. The number of morpholine rings is 1. The Bertz CT molecular complexity index is 711. The van der Waals surface area contributed by atoms with Crippen LogP contribution in [0.4, 0.5) is 5.69 Å². The number of nitrogens with one attached hydrogen (secondary N) is 1. The first-order valence-electron chi connectivity index (χ1n) is 6.04. The molecule has 3 rings (SSSR count). The molecule has 0 radical (unpaired) electrons. The number of H-pyrrole nitrogens is 1. The molecule has 6 heteroatoms. The molecule has 1 saturated heterocycles. The zero-order chi connectivity index (χ0) is 13.2.